The van der Waals surface area contributed by atoms with Crippen molar-refractivity contribution >= 4 is 5.82 Å². The molecule has 19 heavy (non-hydrogen) atoms. The predicted molar refractivity (Wildman–Crippen MR) is 79.2 cm³/mol. The average molecular weight is 259 g/mol. The molecule has 1 saturated heterocycles. The van der Waals surface area contributed by atoms with Gasteiger partial charge in [-0.15, -0.1) is 0 Å². The highest BCUT2D eigenvalue weighted by Crippen LogP contribution is 2.37. The Labute approximate surface area is 116 Å². The van der Waals surface area contributed by atoms with Gasteiger partial charge >= 0.3 is 0 Å². The Bertz CT molecular complexity index is 424. The molecule has 1 aliphatic heterocycles. The first-order valence-corrected chi connectivity index (χ1v) is 7.74. The Morgan fingerprint density at radius 3 is 2.79 bits per heavy atom. The monoisotopic (exact) mass is 259 g/mol. The minimum Gasteiger partial charge on any atom is -0.353 e. The maximum Gasteiger partial charge on any atom is 0.129 e. The summed E-state index contributed by atoms with van der Waals surface area (Å²) in [7, 11) is 0. The summed E-state index contributed by atoms with van der Waals surface area (Å²) in [6, 6.07) is 5.04. The third kappa shape index (κ3) is 2.62. The molecule has 3 nitrogen and oxygen atoms in total. The number of anilines is 1. The lowest BCUT2D eigenvalue weighted by Crippen LogP contribution is -2.35. The highest BCUT2D eigenvalue weighted by molar-refractivity contribution is 5.44. The van der Waals surface area contributed by atoms with E-state index in [2.05, 4.69) is 16.0 Å². The van der Waals surface area contributed by atoms with Crippen molar-refractivity contribution in [3.05, 3.63) is 23.9 Å². The number of hydrogen-bond acceptors (Lipinski definition) is 3. The molecule has 1 aliphatic carbocycles. The highest BCUT2D eigenvalue weighted by atomic mass is 15.2. The molecule has 0 amide bonds. The molecule has 0 bridgehead atoms. The Morgan fingerprint density at radius 2 is 2.05 bits per heavy atom. The van der Waals surface area contributed by atoms with Crippen LogP contribution in [0.15, 0.2) is 18.3 Å². The Hall–Kier alpha value is -1.09. The summed E-state index contributed by atoms with van der Waals surface area (Å²) in [5, 5.41) is 0. The van der Waals surface area contributed by atoms with Gasteiger partial charge < -0.3 is 10.6 Å². The first kappa shape index (κ1) is 12.9. The zero-order valence-corrected chi connectivity index (χ0v) is 11.9. The van der Waals surface area contributed by atoms with Crippen molar-refractivity contribution in [2.24, 2.45) is 11.7 Å². The van der Waals surface area contributed by atoms with E-state index >= 15 is 0 Å². The zero-order chi connectivity index (χ0) is 13.2. The lowest BCUT2D eigenvalue weighted by molar-refractivity contribution is 0.429. The van der Waals surface area contributed by atoms with Gasteiger partial charge in [0.05, 0.1) is 0 Å². The topological polar surface area (TPSA) is 42.1 Å². The molecular weight excluding hydrogens is 234 g/mol. The van der Waals surface area contributed by atoms with Gasteiger partial charge in [0, 0.05) is 24.8 Å². The minimum atomic E-state index is 0.0919. The van der Waals surface area contributed by atoms with Gasteiger partial charge in [0.15, 0.2) is 0 Å². The van der Waals surface area contributed by atoms with E-state index in [1.165, 1.54) is 44.1 Å². The summed E-state index contributed by atoms with van der Waals surface area (Å²) in [5.41, 5.74) is 7.19. The smallest absolute Gasteiger partial charge is 0.129 e. The molecule has 0 spiro atoms. The molecule has 1 unspecified atom stereocenters. The van der Waals surface area contributed by atoms with Crippen LogP contribution in [0.5, 0.6) is 0 Å². The van der Waals surface area contributed by atoms with Gasteiger partial charge in [-0.05, 0) is 56.2 Å². The number of aromatic nitrogens is 1. The minimum absolute atomic E-state index is 0.0919. The van der Waals surface area contributed by atoms with Gasteiger partial charge in [0.1, 0.15) is 5.82 Å². The third-order valence-electron chi connectivity index (χ3n) is 4.83. The van der Waals surface area contributed by atoms with Crippen LogP contribution in [0.25, 0.3) is 0 Å². The molecule has 1 saturated carbocycles. The van der Waals surface area contributed by atoms with Crippen LogP contribution in [0.1, 0.15) is 57.1 Å². The van der Waals surface area contributed by atoms with Gasteiger partial charge in [-0.3, -0.25) is 0 Å². The van der Waals surface area contributed by atoms with Crippen LogP contribution in [0.3, 0.4) is 0 Å². The fourth-order valence-electron chi connectivity index (χ4n) is 3.78. The summed E-state index contributed by atoms with van der Waals surface area (Å²) >= 11 is 0. The van der Waals surface area contributed by atoms with Crippen molar-refractivity contribution in [3.63, 3.8) is 0 Å². The molecule has 0 aromatic carbocycles. The number of rotatable bonds is 3. The second-order valence-corrected chi connectivity index (χ2v) is 6.18. The second-order valence-electron chi connectivity index (χ2n) is 6.18. The zero-order valence-electron chi connectivity index (χ0n) is 11.9. The molecule has 2 atom stereocenters. The fraction of sp³-hybridized carbons (Fsp3) is 0.688. The average Bonchev–Trinajstić information content (AvgIpc) is 3.09. The van der Waals surface area contributed by atoms with Gasteiger partial charge in [0.25, 0.3) is 0 Å². The van der Waals surface area contributed by atoms with Crippen LogP contribution in [0.2, 0.25) is 0 Å². The van der Waals surface area contributed by atoms with E-state index in [0.29, 0.717) is 0 Å². The lowest BCUT2D eigenvalue weighted by atomic mass is 9.96. The SMILES string of the molecule is C[C@H](N)c1ccnc(N2CCCC2C2CCCC2)c1. The van der Waals surface area contributed by atoms with E-state index in [1.807, 2.05) is 19.2 Å². The highest BCUT2D eigenvalue weighted by Gasteiger charge is 2.33. The molecule has 0 radical (unpaired) electrons. The molecule has 2 N–H and O–H groups in total. The maximum absolute atomic E-state index is 5.99. The van der Waals surface area contributed by atoms with Crippen LogP contribution in [-0.2, 0) is 0 Å². The van der Waals surface area contributed by atoms with Crippen molar-refractivity contribution in [2.45, 2.75) is 57.5 Å². The van der Waals surface area contributed by atoms with E-state index in [-0.39, 0.29) is 6.04 Å². The van der Waals surface area contributed by atoms with E-state index < -0.39 is 0 Å². The molecule has 1 aromatic rings. The number of hydrogen-bond donors (Lipinski definition) is 1. The molecular formula is C16H25N3. The van der Waals surface area contributed by atoms with E-state index in [9.17, 15) is 0 Å². The third-order valence-corrected chi connectivity index (χ3v) is 4.83. The molecule has 2 fully saturated rings. The Balaban J connectivity index is 1.81. The standard InChI is InChI=1S/C16H25N3/c1-12(17)14-8-9-18-16(11-14)19-10-4-7-15(19)13-5-2-3-6-13/h8-9,11-13,15H,2-7,10,17H2,1H3/t12-,15?/m0/s1. The van der Waals surface area contributed by atoms with Crippen LogP contribution in [-0.4, -0.2) is 17.6 Å². The molecule has 104 valence electrons. The Kier molecular flexibility index (Phi) is 3.74. The van der Waals surface area contributed by atoms with Gasteiger partial charge in [-0.1, -0.05) is 12.8 Å². The van der Waals surface area contributed by atoms with Crippen LogP contribution in [0, 0.1) is 5.92 Å². The quantitative estimate of drug-likeness (QED) is 0.906. The lowest BCUT2D eigenvalue weighted by Gasteiger charge is -2.30. The number of pyridine rings is 1. The molecule has 1 aromatic heterocycles. The van der Waals surface area contributed by atoms with Gasteiger partial charge in [-0.25, -0.2) is 4.98 Å². The fourth-order valence-corrected chi connectivity index (χ4v) is 3.78. The maximum atomic E-state index is 5.99. The van der Waals surface area contributed by atoms with E-state index in [4.69, 9.17) is 5.73 Å². The summed E-state index contributed by atoms with van der Waals surface area (Å²) in [4.78, 5) is 7.14. The van der Waals surface area contributed by atoms with E-state index in [1.54, 1.807) is 0 Å². The second kappa shape index (κ2) is 5.49. The van der Waals surface area contributed by atoms with Crippen LogP contribution in [0.4, 0.5) is 5.82 Å². The number of nitrogens with two attached hydrogens (primary N) is 1. The van der Waals surface area contributed by atoms with Crippen LogP contribution < -0.4 is 10.6 Å². The van der Waals surface area contributed by atoms with Gasteiger partial charge in [0.2, 0.25) is 0 Å². The molecule has 3 rings (SSSR count). The van der Waals surface area contributed by atoms with Crippen molar-refractivity contribution in [1.29, 1.82) is 0 Å². The summed E-state index contributed by atoms with van der Waals surface area (Å²) in [5.74, 6) is 2.03. The van der Waals surface area contributed by atoms with Crippen molar-refractivity contribution in [1.82, 2.24) is 4.98 Å². The van der Waals surface area contributed by atoms with Crippen LogP contribution >= 0.6 is 0 Å². The predicted octanol–water partition coefficient (Wildman–Crippen LogP) is 3.26. The molecule has 2 aliphatic rings. The first-order chi connectivity index (χ1) is 9.25. The Morgan fingerprint density at radius 1 is 1.26 bits per heavy atom. The van der Waals surface area contributed by atoms with Crippen molar-refractivity contribution in [2.75, 3.05) is 11.4 Å². The van der Waals surface area contributed by atoms with Crippen molar-refractivity contribution < 1.29 is 0 Å². The van der Waals surface area contributed by atoms with E-state index in [0.717, 1.165) is 24.3 Å². The normalized spacial score (nSPS) is 26.0. The summed E-state index contributed by atoms with van der Waals surface area (Å²) in [6.45, 7) is 3.20. The molecule has 3 heteroatoms. The van der Waals surface area contributed by atoms with Gasteiger partial charge in [-0.2, -0.15) is 0 Å². The summed E-state index contributed by atoms with van der Waals surface area (Å²) < 4.78 is 0. The first-order valence-electron chi connectivity index (χ1n) is 7.74. The largest absolute Gasteiger partial charge is 0.353 e. The molecule has 2 heterocycles. The van der Waals surface area contributed by atoms with Crippen molar-refractivity contribution in [3.8, 4) is 0 Å². The number of nitrogens with zero attached hydrogens (tertiary/aromatic N) is 2. The summed E-state index contributed by atoms with van der Waals surface area (Å²) in [6.07, 6.45) is 10.2.